The number of aliphatic carboxylic acids is 1. The van der Waals surface area contributed by atoms with Gasteiger partial charge in [-0.15, -0.1) is 0 Å². The van der Waals surface area contributed by atoms with Crippen LogP contribution < -0.4 is 19.7 Å². The van der Waals surface area contributed by atoms with Crippen molar-refractivity contribution in [1.29, 1.82) is 0 Å². The molecule has 0 bridgehead atoms. The first-order valence-electron chi connectivity index (χ1n) is 14.8. The zero-order valence-electron chi connectivity index (χ0n) is 25.1. The van der Waals surface area contributed by atoms with Crippen LogP contribution in [-0.2, 0) is 17.8 Å². The molecule has 228 valence electrons. The smallest absolute Gasteiger partial charge is 0.326 e. The average molecular weight is 601 g/mol. The Hall–Kier alpha value is -5.56. The molecule has 7 nitrogen and oxygen atoms in total. The van der Waals surface area contributed by atoms with E-state index in [9.17, 15) is 14.7 Å². The van der Waals surface area contributed by atoms with E-state index in [4.69, 9.17) is 9.47 Å². The highest BCUT2D eigenvalue weighted by Gasteiger charge is 2.21. The van der Waals surface area contributed by atoms with Crippen molar-refractivity contribution >= 4 is 23.1 Å². The molecule has 0 saturated carbocycles. The van der Waals surface area contributed by atoms with E-state index in [2.05, 4.69) is 28.4 Å². The maximum Gasteiger partial charge on any atom is 0.326 e. The van der Waals surface area contributed by atoms with Crippen molar-refractivity contribution in [3.05, 3.63) is 156 Å². The molecule has 0 aliphatic heterocycles. The number of hydrogen-bond acceptors (Lipinski definition) is 6. The summed E-state index contributed by atoms with van der Waals surface area (Å²) >= 11 is 0. The van der Waals surface area contributed by atoms with Crippen molar-refractivity contribution in [3.63, 3.8) is 0 Å². The molecule has 0 fully saturated rings. The predicted molar refractivity (Wildman–Crippen MR) is 177 cm³/mol. The fourth-order valence-corrected chi connectivity index (χ4v) is 5.10. The van der Waals surface area contributed by atoms with Gasteiger partial charge in [-0.25, -0.2) is 4.79 Å². The monoisotopic (exact) mass is 600 g/mol. The van der Waals surface area contributed by atoms with E-state index >= 15 is 0 Å². The zero-order valence-corrected chi connectivity index (χ0v) is 25.1. The van der Waals surface area contributed by atoms with Crippen LogP contribution in [-0.4, -0.2) is 43.2 Å². The van der Waals surface area contributed by atoms with E-state index in [1.165, 1.54) is 0 Å². The summed E-state index contributed by atoms with van der Waals surface area (Å²) in [6.07, 6.45) is 0.228. The summed E-state index contributed by atoms with van der Waals surface area (Å²) in [5.41, 5.74) is 4.51. The fraction of sp³-hybridized carbons (Fsp3) is 0.158. The van der Waals surface area contributed by atoms with Crippen LogP contribution in [0.2, 0.25) is 0 Å². The van der Waals surface area contributed by atoms with Gasteiger partial charge >= 0.3 is 5.97 Å². The minimum absolute atomic E-state index is 0.168. The summed E-state index contributed by atoms with van der Waals surface area (Å²) in [4.78, 5) is 27.6. The van der Waals surface area contributed by atoms with Gasteiger partial charge in [-0.3, -0.25) is 4.79 Å². The molecular weight excluding hydrogens is 564 g/mol. The average Bonchev–Trinajstić information content (AvgIpc) is 3.09. The standard InChI is InChI=1S/C38H36N2O5/c1-44-33-16-10-11-29(25-33)27-40(31-14-6-3-7-15-31)23-24-45-32-21-19-28(20-22-32)26-36(38(42)43)39-35-18-9-8-17-34(35)37(41)30-12-4-2-5-13-30/h2-22,25,36,39H,23-24,26-27H2,1H3,(H,42,43)/t36-/m0/s1. The van der Waals surface area contributed by atoms with E-state index in [1.54, 1.807) is 55.6 Å². The van der Waals surface area contributed by atoms with Crippen molar-refractivity contribution < 1.29 is 24.2 Å². The Bertz CT molecular complexity index is 1690. The molecule has 0 aromatic heterocycles. The molecule has 0 radical (unpaired) electrons. The lowest BCUT2D eigenvalue weighted by atomic mass is 10.00. The second kappa shape index (κ2) is 15.3. The Morgan fingerprint density at radius 2 is 1.44 bits per heavy atom. The number of para-hydroxylation sites is 2. The molecule has 7 heteroatoms. The number of carboxylic acids is 1. The minimum Gasteiger partial charge on any atom is -0.497 e. The normalized spacial score (nSPS) is 11.3. The zero-order chi connectivity index (χ0) is 31.4. The van der Waals surface area contributed by atoms with E-state index in [0.717, 1.165) is 22.6 Å². The van der Waals surface area contributed by atoms with Crippen LogP contribution in [0.3, 0.4) is 0 Å². The van der Waals surface area contributed by atoms with Crippen LogP contribution in [0.1, 0.15) is 27.0 Å². The number of rotatable bonds is 15. The second-order valence-corrected chi connectivity index (χ2v) is 10.6. The highest BCUT2D eigenvalue weighted by molar-refractivity contribution is 6.12. The van der Waals surface area contributed by atoms with Gasteiger partial charge in [0.25, 0.3) is 0 Å². The summed E-state index contributed by atoms with van der Waals surface area (Å²) in [6.45, 7) is 1.83. The maximum atomic E-state index is 13.1. The third-order valence-corrected chi connectivity index (χ3v) is 7.46. The molecule has 0 spiro atoms. The Morgan fingerprint density at radius 1 is 0.756 bits per heavy atom. The van der Waals surface area contributed by atoms with Crippen LogP contribution in [0, 0.1) is 0 Å². The summed E-state index contributed by atoms with van der Waals surface area (Å²) in [6, 6.07) is 40.7. The first-order chi connectivity index (χ1) is 22.0. The molecule has 5 aromatic rings. The Morgan fingerprint density at radius 3 is 2.16 bits per heavy atom. The predicted octanol–water partition coefficient (Wildman–Crippen LogP) is 7.12. The summed E-state index contributed by atoms with van der Waals surface area (Å²) in [7, 11) is 1.67. The number of hydrogen-bond donors (Lipinski definition) is 2. The van der Waals surface area contributed by atoms with Gasteiger partial charge in [-0.1, -0.05) is 84.9 Å². The van der Waals surface area contributed by atoms with E-state index in [-0.39, 0.29) is 12.2 Å². The van der Waals surface area contributed by atoms with E-state index in [0.29, 0.717) is 42.3 Å². The van der Waals surface area contributed by atoms with Gasteiger partial charge in [-0.2, -0.15) is 0 Å². The molecule has 0 unspecified atom stereocenters. The van der Waals surface area contributed by atoms with Crippen molar-refractivity contribution in [1.82, 2.24) is 0 Å². The molecule has 0 aliphatic carbocycles. The molecule has 2 N–H and O–H groups in total. The van der Waals surface area contributed by atoms with Crippen LogP contribution in [0.5, 0.6) is 11.5 Å². The van der Waals surface area contributed by atoms with Crippen molar-refractivity contribution in [3.8, 4) is 11.5 Å². The largest absolute Gasteiger partial charge is 0.497 e. The lowest BCUT2D eigenvalue weighted by molar-refractivity contribution is -0.137. The van der Waals surface area contributed by atoms with Gasteiger partial charge in [0.05, 0.1) is 13.7 Å². The molecule has 45 heavy (non-hydrogen) atoms. The number of ether oxygens (including phenoxy) is 2. The van der Waals surface area contributed by atoms with Crippen LogP contribution in [0.25, 0.3) is 0 Å². The quantitative estimate of drug-likeness (QED) is 0.124. The number of carboxylic acid groups (broad SMARTS) is 1. The third-order valence-electron chi connectivity index (χ3n) is 7.46. The van der Waals surface area contributed by atoms with Crippen LogP contribution >= 0.6 is 0 Å². The first-order valence-corrected chi connectivity index (χ1v) is 14.8. The number of carbonyl (C=O) groups excluding carboxylic acids is 1. The molecule has 0 aliphatic rings. The van der Waals surface area contributed by atoms with Gasteiger partial charge in [0.15, 0.2) is 5.78 Å². The van der Waals surface area contributed by atoms with E-state index in [1.807, 2.05) is 66.7 Å². The molecule has 5 aromatic carbocycles. The number of anilines is 2. The van der Waals surface area contributed by atoms with E-state index < -0.39 is 12.0 Å². The van der Waals surface area contributed by atoms with Gasteiger partial charge < -0.3 is 24.8 Å². The highest BCUT2D eigenvalue weighted by Crippen LogP contribution is 2.23. The molecular formula is C38H36N2O5. The van der Waals surface area contributed by atoms with Crippen molar-refractivity contribution in [2.75, 3.05) is 30.5 Å². The fourth-order valence-electron chi connectivity index (χ4n) is 5.10. The lowest BCUT2D eigenvalue weighted by Gasteiger charge is -2.25. The van der Waals surface area contributed by atoms with Gasteiger partial charge in [0, 0.05) is 35.5 Å². The minimum atomic E-state index is -1.01. The Kier molecular flexibility index (Phi) is 10.5. The number of benzene rings is 5. The summed E-state index contributed by atoms with van der Waals surface area (Å²) in [5, 5.41) is 13.1. The van der Waals surface area contributed by atoms with Crippen molar-refractivity contribution in [2.24, 2.45) is 0 Å². The summed E-state index contributed by atoms with van der Waals surface area (Å²) in [5.74, 6) is 0.349. The molecule has 0 saturated heterocycles. The first kappa shape index (κ1) is 30.9. The lowest BCUT2D eigenvalue weighted by Crippen LogP contribution is -2.32. The number of nitrogens with one attached hydrogen (secondary N) is 1. The highest BCUT2D eigenvalue weighted by atomic mass is 16.5. The number of carbonyl (C=O) groups is 2. The van der Waals surface area contributed by atoms with Gasteiger partial charge in [-0.05, 0) is 59.7 Å². The van der Waals surface area contributed by atoms with Gasteiger partial charge in [0.1, 0.15) is 24.1 Å². The van der Waals surface area contributed by atoms with Crippen LogP contribution in [0.4, 0.5) is 11.4 Å². The van der Waals surface area contributed by atoms with Crippen molar-refractivity contribution in [2.45, 2.75) is 19.0 Å². The van der Waals surface area contributed by atoms with Crippen LogP contribution in [0.15, 0.2) is 133 Å². The molecule has 0 amide bonds. The molecule has 1 atom stereocenters. The number of ketones is 1. The Balaban J connectivity index is 1.21. The maximum absolute atomic E-state index is 13.1. The summed E-state index contributed by atoms with van der Waals surface area (Å²) < 4.78 is 11.5. The molecule has 5 rings (SSSR count). The topological polar surface area (TPSA) is 88.1 Å². The number of methoxy groups -OCH3 is 1. The number of nitrogens with zero attached hydrogens (tertiary/aromatic N) is 1. The Labute approximate surface area is 263 Å². The third kappa shape index (κ3) is 8.51. The SMILES string of the molecule is COc1cccc(CN(CCOc2ccc(C[C@H](Nc3ccccc3C(=O)c3ccccc3)C(=O)O)cc2)c2ccccc2)c1. The second-order valence-electron chi connectivity index (χ2n) is 10.6. The van der Waals surface area contributed by atoms with Gasteiger partial charge in [0.2, 0.25) is 0 Å². The molecule has 0 heterocycles.